The number of carbonyl (C=O) groups is 2. The molecule has 2 aromatic heterocycles. The van der Waals surface area contributed by atoms with Crippen molar-refractivity contribution in [1.29, 1.82) is 0 Å². The van der Waals surface area contributed by atoms with E-state index >= 15 is 0 Å². The van der Waals surface area contributed by atoms with Crippen LogP contribution in [-0.2, 0) is 4.74 Å². The fraction of sp³-hybridized carbons (Fsp3) is 0.286. The summed E-state index contributed by atoms with van der Waals surface area (Å²) in [6, 6.07) is 13.4. The molecular weight excluding hydrogens is 492 g/mol. The van der Waals surface area contributed by atoms with Crippen LogP contribution < -0.4 is 15.1 Å². The summed E-state index contributed by atoms with van der Waals surface area (Å²) >= 11 is 1.04. The van der Waals surface area contributed by atoms with Crippen molar-refractivity contribution in [2.75, 3.05) is 18.6 Å². The highest BCUT2D eigenvalue weighted by Crippen LogP contribution is 2.43. The quantitative estimate of drug-likeness (QED) is 0.219. The monoisotopic (exact) mass is 518 g/mol. The molecule has 37 heavy (non-hydrogen) atoms. The predicted molar refractivity (Wildman–Crippen MR) is 141 cm³/mol. The van der Waals surface area contributed by atoms with Gasteiger partial charge in [-0.25, -0.2) is 9.78 Å². The molecule has 5 rings (SSSR count). The highest BCUT2D eigenvalue weighted by atomic mass is 32.1. The summed E-state index contributed by atoms with van der Waals surface area (Å²) in [4.78, 5) is 46.0. The standard InChI is InChI=1S/C28H26N2O6S/c1-4-5-8-14-35-18-11-9-10-17(15-18)22-21-23(31)19-12-6-7-13-20(19)36-24(21)26(32)30(22)28-29-16(2)25(37-28)27(33)34-3/h6-7,9-13,15,22H,4-5,8,14H2,1-3H3/t22-/m0/s1. The number of aromatic nitrogens is 1. The lowest BCUT2D eigenvalue weighted by Gasteiger charge is -2.23. The molecule has 0 saturated carbocycles. The van der Waals surface area contributed by atoms with Crippen LogP contribution >= 0.6 is 11.3 Å². The molecule has 2 aromatic carbocycles. The number of amides is 1. The average Bonchev–Trinajstić information content (AvgIpc) is 3.43. The Labute approximate surface area is 217 Å². The number of ether oxygens (including phenoxy) is 2. The summed E-state index contributed by atoms with van der Waals surface area (Å²) in [6.07, 6.45) is 3.09. The van der Waals surface area contributed by atoms with Gasteiger partial charge in [-0.1, -0.05) is 55.4 Å². The van der Waals surface area contributed by atoms with Gasteiger partial charge in [-0.15, -0.1) is 0 Å². The van der Waals surface area contributed by atoms with E-state index in [1.54, 1.807) is 31.2 Å². The van der Waals surface area contributed by atoms with Crippen LogP contribution in [0.3, 0.4) is 0 Å². The van der Waals surface area contributed by atoms with Crippen LogP contribution in [0.15, 0.2) is 57.7 Å². The van der Waals surface area contributed by atoms with Crippen LogP contribution in [0, 0.1) is 6.92 Å². The zero-order valence-electron chi connectivity index (χ0n) is 20.8. The molecule has 0 aliphatic carbocycles. The highest BCUT2D eigenvalue weighted by molar-refractivity contribution is 7.17. The van der Waals surface area contributed by atoms with Crippen LogP contribution in [0.1, 0.15) is 69.3 Å². The molecule has 0 unspecified atom stereocenters. The minimum Gasteiger partial charge on any atom is -0.494 e. The molecule has 190 valence electrons. The van der Waals surface area contributed by atoms with Gasteiger partial charge in [-0.2, -0.15) is 0 Å². The van der Waals surface area contributed by atoms with Crippen molar-refractivity contribution < 1.29 is 23.5 Å². The van der Waals surface area contributed by atoms with Crippen LogP contribution in [0.4, 0.5) is 5.13 Å². The molecule has 8 nitrogen and oxygen atoms in total. The molecule has 9 heteroatoms. The first-order valence-electron chi connectivity index (χ1n) is 12.1. The van der Waals surface area contributed by atoms with Gasteiger partial charge in [0.05, 0.1) is 36.4 Å². The van der Waals surface area contributed by atoms with Gasteiger partial charge in [-0.3, -0.25) is 14.5 Å². The summed E-state index contributed by atoms with van der Waals surface area (Å²) in [7, 11) is 1.29. The first kappa shape index (κ1) is 24.7. The first-order valence-corrected chi connectivity index (χ1v) is 12.9. The number of aryl methyl sites for hydroxylation is 1. The Balaban J connectivity index is 1.66. The number of benzene rings is 2. The predicted octanol–water partition coefficient (Wildman–Crippen LogP) is 5.66. The van der Waals surface area contributed by atoms with Gasteiger partial charge in [0.1, 0.15) is 16.2 Å². The van der Waals surface area contributed by atoms with E-state index in [9.17, 15) is 14.4 Å². The van der Waals surface area contributed by atoms with E-state index in [0.717, 1.165) is 30.6 Å². The highest BCUT2D eigenvalue weighted by Gasteiger charge is 2.45. The number of anilines is 1. The van der Waals surface area contributed by atoms with Crippen molar-refractivity contribution in [3.63, 3.8) is 0 Å². The lowest BCUT2D eigenvalue weighted by molar-refractivity contribution is 0.0605. The van der Waals surface area contributed by atoms with Crippen LogP contribution in [-0.4, -0.2) is 30.6 Å². The van der Waals surface area contributed by atoms with E-state index in [0.29, 0.717) is 34.6 Å². The summed E-state index contributed by atoms with van der Waals surface area (Å²) in [5.74, 6) is -0.424. The molecule has 1 atom stereocenters. The summed E-state index contributed by atoms with van der Waals surface area (Å²) in [6.45, 7) is 4.38. The van der Waals surface area contributed by atoms with E-state index in [1.165, 1.54) is 12.0 Å². The molecule has 3 heterocycles. The normalized spacial score (nSPS) is 14.7. The second-order valence-corrected chi connectivity index (χ2v) is 9.76. The Kier molecular flexibility index (Phi) is 6.80. The molecular formula is C28H26N2O6S. The lowest BCUT2D eigenvalue weighted by Crippen LogP contribution is -2.29. The van der Waals surface area contributed by atoms with Gasteiger partial charge >= 0.3 is 5.97 Å². The molecule has 4 aromatic rings. The number of unbranched alkanes of at least 4 members (excludes halogenated alkanes) is 2. The minimum absolute atomic E-state index is 0.0320. The van der Waals surface area contributed by atoms with Crippen LogP contribution in [0.25, 0.3) is 11.0 Å². The van der Waals surface area contributed by atoms with E-state index in [-0.39, 0.29) is 26.8 Å². The number of nitrogens with zero attached hydrogens (tertiary/aromatic N) is 2. The number of esters is 1. The largest absolute Gasteiger partial charge is 0.494 e. The van der Waals surface area contributed by atoms with Crippen molar-refractivity contribution in [2.24, 2.45) is 0 Å². The number of para-hydroxylation sites is 1. The van der Waals surface area contributed by atoms with Gasteiger partial charge in [0.2, 0.25) is 5.76 Å². The third-order valence-corrected chi connectivity index (χ3v) is 7.47. The van der Waals surface area contributed by atoms with Crippen LogP contribution in [0.2, 0.25) is 0 Å². The molecule has 0 radical (unpaired) electrons. The Morgan fingerprint density at radius 2 is 1.95 bits per heavy atom. The number of thiazole rings is 1. The fourth-order valence-electron chi connectivity index (χ4n) is 4.52. The van der Waals surface area contributed by atoms with Gasteiger partial charge in [-0.05, 0) is 43.2 Å². The maximum absolute atomic E-state index is 13.8. The summed E-state index contributed by atoms with van der Waals surface area (Å²) in [5, 5.41) is 0.662. The summed E-state index contributed by atoms with van der Waals surface area (Å²) < 4.78 is 16.8. The third kappa shape index (κ3) is 4.40. The lowest BCUT2D eigenvalue weighted by atomic mass is 9.98. The zero-order chi connectivity index (χ0) is 26.1. The van der Waals surface area contributed by atoms with E-state index in [2.05, 4.69) is 11.9 Å². The van der Waals surface area contributed by atoms with E-state index < -0.39 is 17.9 Å². The molecule has 0 fully saturated rings. The fourth-order valence-corrected chi connectivity index (χ4v) is 5.53. The molecule has 1 aliphatic rings. The Bertz CT molecular complexity index is 1560. The van der Waals surface area contributed by atoms with Gasteiger partial charge in [0, 0.05) is 0 Å². The first-order chi connectivity index (χ1) is 17.9. The van der Waals surface area contributed by atoms with E-state index in [4.69, 9.17) is 13.9 Å². The van der Waals surface area contributed by atoms with Crippen LogP contribution in [0.5, 0.6) is 5.75 Å². The Morgan fingerprint density at radius 1 is 1.14 bits per heavy atom. The smallest absolute Gasteiger partial charge is 0.350 e. The topological polar surface area (TPSA) is 98.9 Å². The van der Waals surface area contributed by atoms with Crippen molar-refractivity contribution in [2.45, 2.75) is 39.2 Å². The number of fused-ring (bicyclic) bond motifs is 2. The second kappa shape index (κ2) is 10.2. The Morgan fingerprint density at radius 3 is 2.73 bits per heavy atom. The van der Waals surface area contributed by atoms with Crippen molar-refractivity contribution in [3.8, 4) is 5.75 Å². The van der Waals surface area contributed by atoms with Gasteiger partial charge < -0.3 is 13.9 Å². The second-order valence-electron chi connectivity index (χ2n) is 8.78. The maximum Gasteiger partial charge on any atom is 0.350 e. The molecule has 1 aliphatic heterocycles. The van der Waals surface area contributed by atoms with Crippen molar-refractivity contribution >= 4 is 39.3 Å². The van der Waals surface area contributed by atoms with Gasteiger partial charge in [0.15, 0.2) is 10.6 Å². The number of carbonyl (C=O) groups excluding carboxylic acids is 2. The summed E-state index contributed by atoms with van der Waals surface area (Å²) in [5.41, 5.74) is 1.40. The third-order valence-electron chi connectivity index (χ3n) is 6.33. The Hall–Kier alpha value is -3.98. The van der Waals surface area contributed by atoms with Gasteiger partial charge in [0.25, 0.3) is 5.91 Å². The molecule has 0 spiro atoms. The molecule has 0 saturated heterocycles. The number of rotatable bonds is 8. The van der Waals surface area contributed by atoms with Crippen molar-refractivity contribution in [1.82, 2.24) is 4.98 Å². The van der Waals surface area contributed by atoms with Crippen molar-refractivity contribution in [3.05, 3.63) is 86.2 Å². The number of hydrogen-bond acceptors (Lipinski definition) is 8. The van der Waals surface area contributed by atoms with E-state index in [1.807, 2.05) is 24.3 Å². The molecule has 0 N–H and O–H groups in total. The average molecular weight is 519 g/mol. The minimum atomic E-state index is -0.807. The molecule has 1 amide bonds. The number of hydrogen-bond donors (Lipinski definition) is 0. The number of methoxy groups -OCH3 is 1. The SMILES string of the molecule is CCCCCOc1cccc([C@H]2c3c(oc4ccccc4c3=O)C(=O)N2c2nc(C)c(C(=O)OC)s2)c1. The molecule has 0 bridgehead atoms. The maximum atomic E-state index is 13.8. The zero-order valence-corrected chi connectivity index (χ0v) is 21.6.